The minimum absolute atomic E-state index is 0.475. The van der Waals surface area contributed by atoms with Crippen LogP contribution in [0, 0.1) is 6.92 Å². The average Bonchev–Trinajstić information content (AvgIpc) is 2.26. The average molecular weight is 279 g/mol. The molecule has 0 aliphatic heterocycles. The lowest BCUT2D eigenvalue weighted by Crippen LogP contribution is -1.95. The van der Waals surface area contributed by atoms with Gasteiger partial charge in [-0.05, 0) is 46.1 Å². The van der Waals surface area contributed by atoms with Gasteiger partial charge in [0.05, 0.1) is 4.47 Å². The number of nitrogen functional groups attached to an aromatic ring is 2. The molecule has 0 atom stereocenters. The first-order valence-electron chi connectivity index (χ1n) is 4.71. The summed E-state index contributed by atoms with van der Waals surface area (Å²) in [6, 6.07) is 3.75. The SMILES string of the molecule is Cc1cnc(N)cc1-c1cnc(N)c(Br)c1. The number of nitrogens with two attached hydrogens (primary N) is 2. The Balaban J connectivity index is 2.58. The molecular formula is C11H11BrN4. The molecular weight excluding hydrogens is 268 g/mol. The largest absolute Gasteiger partial charge is 0.384 e. The molecule has 2 aromatic heterocycles. The van der Waals surface area contributed by atoms with Crippen LogP contribution in [0.4, 0.5) is 11.6 Å². The van der Waals surface area contributed by atoms with E-state index in [2.05, 4.69) is 25.9 Å². The Kier molecular flexibility index (Phi) is 2.78. The molecule has 0 aromatic carbocycles. The fourth-order valence-corrected chi connectivity index (χ4v) is 1.80. The fraction of sp³-hybridized carbons (Fsp3) is 0.0909. The predicted octanol–water partition coefficient (Wildman–Crippen LogP) is 2.38. The van der Waals surface area contributed by atoms with E-state index < -0.39 is 0 Å². The van der Waals surface area contributed by atoms with Gasteiger partial charge in [-0.1, -0.05) is 0 Å². The van der Waals surface area contributed by atoms with Gasteiger partial charge in [-0.15, -0.1) is 0 Å². The number of halogens is 1. The molecule has 2 rings (SSSR count). The highest BCUT2D eigenvalue weighted by atomic mass is 79.9. The minimum atomic E-state index is 0.475. The van der Waals surface area contributed by atoms with E-state index in [9.17, 15) is 0 Å². The van der Waals surface area contributed by atoms with E-state index in [1.54, 1.807) is 12.4 Å². The summed E-state index contributed by atoms with van der Waals surface area (Å²) in [5.74, 6) is 0.969. The van der Waals surface area contributed by atoms with Gasteiger partial charge in [0.2, 0.25) is 0 Å². The van der Waals surface area contributed by atoms with Crippen LogP contribution in [0.3, 0.4) is 0 Å². The van der Waals surface area contributed by atoms with Gasteiger partial charge < -0.3 is 11.5 Å². The zero-order chi connectivity index (χ0) is 11.7. The molecule has 0 radical (unpaired) electrons. The van der Waals surface area contributed by atoms with Gasteiger partial charge in [0.15, 0.2) is 0 Å². The smallest absolute Gasteiger partial charge is 0.137 e. The van der Waals surface area contributed by atoms with Crippen LogP contribution in [0.25, 0.3) is 11.1 Å². The van der Waals surface area contributed by atoms with Crippen LogP contribution in [0.2, 0.25) is 0 Å². The van der Waals surface area contributed by atoms with Gasteiger partial charge in [0.25, 0.3) is 0 Å². The topological polar surface area (TPSA) is 77.8 Å². The van der Waals surface area contributed by atoms with E-state index >= 15 is 0 Å². The Morgan fingerprint density at radius 2 is 1.88 bits per heavy atom. The van der Waals surface area contributed by atoms with Crippen molar-refractivity contribution in [3.63, 3.8) is 0 Å². The summed E-state index contributed by atoms with van der Waals surface area (Å²) >= 11 is 3.35. The molecule has 0 saturated carbocycles. The minimum Gasteiger partial charge on any atom is -0.384 e. The standard InChI is InChI=1S/C11H11BrN4/c1-6-4-15-10(13)3-8(6)7-2-9(12)11(14)16-5-7/h2-5H,1H3,(H2,13,15)(H2,14,16). The van der Waals surface area contributed by atoms with Crippen molar-refractivity contribution < 1.29 is 0 Å². The molecule has 0 amide bonds. The molecule has 0 unspecified atom stereocenters. The summed E-state index contributed by atoms with van der Waals surface area (Å²) in [7, 11) is 0. The van der Waals surface area contributed by atoms with E-state index in [4.69, 9.17) is 11.5 Å². The van der Waals surface area contributed by atoms with Gasteiger partial charge >= 0.3 is 0 Å². The van der Waals surface area contributed by atoms with Crippen LogP contribution >= 0.6 is 15.9 Å². The third kappa shape index (κ3) is 1.99. The van der Waals surface area contributed by atoms with Crippen molar-refractivity contribution in [3.8, 4) is 11.1 Å². The van der Waals surface area contributed by atoms with Gasteiger partial charge in [-0.3, -0.25) is 0 Å². The Labute approximate surface area is 102 Å². The lowest BCUT2D eigenvalue weighted by atomic mass is 10.0. The molecule has 5 heteroatoms. The lowest BCUT2D eigenvalue weighted by molar-refractivity contribution is 1.26. The molecule has 16 heavy (non-hydrogen) atoms. The lowest BCUT2D eigenvalue weighted by Gasteiger charge is -2.07. The zero-order valence-electron chi connectivity index (χ0n) is 8.74. The van der Waals surface area contributed by atoms with Crippen LogP contribution in [-0.4, -0.2) is 9.97 Å². The zero-order valence-corrected chi connectivity index (χ0v) is 10.3. The number of rotatable bonds is 1. The molecule has 4 nitrogen and oxygen atoms in total. The van der Waals surface area contributed by atoms with Crippen LogP contribution in [0.1, 0.15) is 5.56 Å². The first-order chi connectivity index (χ1) is 7.58. The highest BCUT2D eigenvalue weighted by molar-refractivity contribution is 9.10. The normalized spacial score (nSPS) is 10.4. The molecule has 0 spiro atoms. The van der Waals surface area contributed by atoms with Gasteiger partial charge in [0.1, 0.15) is 11.6 Å². The first kappa shape index (κ1) is 10.9. The number of aromatic nitrogens is 2. The molecule has 4 N–H and O–H groups in total. The van der Waals surface area contributed by atoms with Crippen molar-refractivity contribution in [2.24, 2.45) is 0 Å². The second kappa shape index (κ2) is 4.09. The van der Waals surface area contributed by atoms with E-state index in [1.165, 1.54) is 0 Å². The van der Waals surface area contributed by atoms with Crippen molar-refractivity contribution in [1.82, 2.24) is 9.97 Å². The number of aryl methyl sites for hydroxylation is 1. The number of anilines is 2. The Bertz CT molecular complexity index is 540. The molecule has 0 aliphatic rings. The van der Waals surface area contributed by atoms with Crippen molar-refractivity contribution in [3.05, 3.63) is 34.6 Å². The monoisotopic (exact) mass is 278 g/mol. The summed E-state index contributed by atoms with van der Waals surface area (Å²) < 4.78 is 0.778. The highest BCUT2D eigenvalue weighted by Crippen LogP contribution is 2.28. The van der Waals surface area contributed by atoms with Crippen LogP contribution in [0.15, 0.2) is 29.0 Å². The van der Waals surface area contributed by atoms with E-state index in [0.29, 0.717) is 11.6 Å². The number of hydrogen-bond acceptors (Lipinski definition) is 4. The van der Waals surface area contributed by atoms with Crippen molar-refractivity contribution in [2.75, 3.05) is 11.5 Å². The molecule has 0 aliphatic carbocycles. The molecule has 82 valence electrons. The third-order valence-corrected chi connectivity index (χ3v) is 2.94. The van der Waals surface area contributed by atoms with Crippen molar-refractivity contribution in [1.29, 1.82) is 0 Å². The van der Waals surface area contributed by atoms with Crippen LogP contribution in [0.5, 0.6) is 0 Å². The molecule has 0 bridgehead atoms. The van der Waals surface area contributed by atoms with Crippen LogP contribution in [-0.2, 0) is 0 Å². The summed E-state index contributed by atoms with van der Waals surface area (Å²) in [6.45, 7) is 1.98. The highest BCUT2D eigenvalue weighted by Gasteiger charge is 2.06. The Morgan fingerprint density at radius 3 is 2.56 bits per heavy atom. The number of hydrogen-bond donors (Lipinski definition) is 2. The van der Waals surface area contributed by atoms with Crippen molar-refractivity contribution in [2.45, 2.75) is 6.92 Å². The van der Waals surface area contributed by atoms with Crippen molar-refractivity contribution >= 4 is 27.6 Å². The quantitative estimate of drug-likeness (QED) is 0.840. The fourth-order valence-electron chi connectivity index (χ4n) is 1.45. The predicted molar refractivity (Wildman–Crippen MR) is 68.7 cm³/mol. The molecule has 0 saturated heterocycles. The summed E-state index contributed by atoms with van der Waals surface area (Å²) in [5, 5.41) is 0. The number of nitrogens with zero attached hydrogens (tertiary/aromatic N) is 2. The molecule has 2 heterocycles. The van der Waals surface area contributed by atoms with Crippen LogP contribution < -0.4 is 11.5 Å². The third-order valence-electron chi connectivity index (χ3n) is 2.30. The maximum atomic E-state index is 5.66. The van der Waals surface area contributed by atoms with Gasteiger partial charge in [-0.2, -0.15) is 0 Å². The van der Waals surface area contributed by atoms with E-state index in [1.807, 2.05) is 19.1 Å². The maximum absolute atomic E-state index is 5.66. The second-order valence-corrected chi connectivity index (χ2v) is 4.37. The number of pyridine rings is 2. The van der Waals surface area contributed by atoms with E-state index in [-0.39, 0.29) is 0 Å². The van der Waals surface area contributed by atoms with E-state index in [0.717, 1.165) is 21.2 Å². The summed E-state index contributed by atoms with van der Waals surface area (Å²) in [6.07, 6.45) is 3.47. The molecule has 2 aromatic rings. The Hall–Kier alpha value is -1.62. The summed E-state index contributed by atoms with van der Waals surface area (Å²) in [4.78, 5) is 8.12. The molecule has 0 fully saturated rings. The second-order valence-electron chi connectivity index (χ2n) is 3.52. The first-order valence-corrected chi connectivity index (χ1v) is 5.50. The van der Waals surface area contributed by atoms with Gasteiger partial charge in [-0.25, -0.2) is 9.97 Å². The van der Waals surface area contributed by atoms with Gasteiger partial charge in [0, 0.05) is 18.0 Å². The summed E-state index contributed by atoms with van der Waals surface area (Å²) in [5.41, 5.74) is 14.3. The Morgan fingerprint density at radius 1 is 1.12 bits per heavy atom. The maximum Gasteiger partial charge on any atom is 0.137 e.